The van der Waals surface area contributed by atoms with E-state index >= 15 is 0 Å². The first-order chi connectivity index (χ1) is 16.5. The number of imide groups is 1. The predicted molar refractivity (Wildman–Crippen MR) is 136 cm³/mol. The van der Waals surface area contributed by atoms with E-state index in [1.165, 1.54) is 16.5 Å². The lowest BCUT2D eigenvalue weighted by Gasteiger charge is -2.34. The van der Waals surface area contributed by atoms with Gasteiger partial charge in [0, 0.05) is 63.4 Å². The minimum Gasteiger partial charge on any atom is -0.492 e. The van der Waals surface area contributed by atoms with E-state index in [-0.39, 0.29) is 11.1 Å². The predicted octanol–water partition coefficient (Wildman–Crippen LogP) is 3.70. The normalized spacial score (nSPS) is 18.7. The number of hydrogen-bond donors (Lipinski definition) is 1. The van der Waals surface area contributed by atoms with Gasteiger partial charge in [-0.05, 0) is 47.2 Å². The summed E-state index contributed by atoms with van der Waals surface area (Å²) in [6.07, 6.45) is 3.97. The molecular formula is C26H28N4O3S. The Kier molecular flexibility index (Phi) is 6.71. The highest BCUT2D eigenvalue weighted by atomic mass is 32.2. The van der Waals surface area contributed by atoms with E-state index in [0.29, 0.717) is 11.5 Å². The molecule has 0 spiro atoms. The summed E-state index contributed by atoms with van der Waals surface area (Å²) >= 11 is 0.924. The van der Waals surface area contributed by atoms with Crippen molar-refractivity contribution in [2.75, 3.05) is 39.3 Å². The van der Waals surface area contributed by atoms with Crippen molar-refractivity contribution >= 4 is 39.9 Å². The number of amides is 2. The second-order valence-corrected chi connectivity index (χ2v) is 9.68. The van der Waals surface area contributed by atoms with E-state index in [4.69, 9.17) is 4.74 Å². The van der Waals surface area contributed by atoms with E-state index in [0.717, 1.165) is 62.3 Å². The highest BCUT2D eigenvalue weighted by molar-refractivity contribution is 8.18. The number of aromatic nitrogens is 1. The van der Waals surface area contributed by atoms with Gasteiger partial charge < -0.3 is 9.30 Å². The number of carbonyl (C=O) groups is 2. The van der Waals surface area contributed by atoms with Crippen molar-refractivity contribution in [2.24, 2.45) is 7.05 Å². The lowest BCUT2D eigenvalue weighted by molar-refractivity contribution is -0.115. The zero-order valence-corrected chi connectivity index (χ0v) is 20.0. The highest BCUT2D eigenvalue weighted by Crippen LogP contribution is 2.26. The van der Waals surface area contributed by atoms with E-state index in [2.05, 4.69) is 57.2 Å². The monoisotopic (exact) mass is 476 g/mol. The Bertz CT molecular complexity index is 1230. The molecule has 0 atom stereocenters. The van der Waals surface area contributed by atoms with E-state index in [1.54, 1.807) is 6.08 Å². The van der Waals surface area contributed by atoms with Gasteiger partial charge >= 0.3 is 0 Å². The Balaban J connectivity index is 1.06. The molecule has 2 fully saturated rings. The van der Waals surface area contributed by atoms with Crippen molar-refractivity contribution in [1.29, 1.82) is 0 Å². The van der Waals surface area contributed by atoms with Crippen LogP contribution in [0.25, 0.3) is 17.0 Å². The van der Waals surface area contributed by atoms with Gasteiger partial charge in [0.05, 0.1) is 4.91 Å². The van der Waals surface area contributed by atoms with Crippen molar-refractivity contribution in [3.05, 3.63) is 70.8 Å². The van der Waals surface area contributed by atoms with Crippen LogP contribution in [0.2, 0.25) is 0 Å². The van der Waals surface area contributed by atoms with Crippen molar-refractivity contribution in [3.8, 4) is 5.75 Å². The first-order valence-electron chi connectivity index (χ1n) is 11.5. The number of carbonyl (C=O) groups excluding carboxylic acids is 2. The van der Waals surface area contributed by atoms with Gasteiger partial charge in [-0.25, -0.2) is 0 Å². The van der Waals surface area contributed by atoms with Gasteiger partial charge in [0.15, 0.2) is 0 Å². The fourth-order valence-corrected chi connectivity index (χ4v) is 5.17. The summed E-state index contributed by atoms with van der Waals surface area (Å²) in [6, 6.07) is 16.2. The minimum atomic E-state index is -0.340. The third-order valence-electron chi connectivity index (χ3n) is 6.33. The number of piperazine rings is 1. The third-order valence-corrected chi connectivity index (χ3v) is 7.15. The molecule has 7 nitrogen and oxygen atoms in total. The molecule has 0 radical (unpaired) electrons. The van der Waals surface area contributed by atoms with Gasteiger partial charge in [-0.3, -0.25) is 24.7 Å². The molecular weight excluding hydrogens is 448 g/mol. The van der Waals surface area contributed by atoms with E-state index in [1.807, 2.05) is 24.3 Å². The van der Waals surface area contributed by atoms with Gasteiger partial charge in [0.2, 0.25) is 0 Å². The number of ether oxygens (including phenoxy) is 1. The largest absolute Gasteiger partial charge is 0.492 e. The first-order valence-corrected chi connectivity index (χ1v) is 12.3. The number of rotatable bonds is 7. The smallest absolute Gasteiger partial charge is 0.290 e. The van der Waals surface area contributed by atoms with Crippen molar-refractivity contribution in [3.63, 3.8) is 0 Å². The zero-order valence-electron chi connectivity index (χ0n) is 19.2. The van der Waals surface area contributed by atoms with Crippen LogP contribution in [0.15, 0.2) is 59.6 Å². The molecule has 2 amide bonds. The van der Waals surface area contributed by atoms with Crippen LogP contribution in [-0.4, -0.2) is 64.8 Å². The van der Waals surface area contributed by atoms with Crippen LogP contribution in [0.3, 0.4) is 0 Å². The molecule has 1 aromatic heterocycles. The molecule has 3 aromatic rings. The maximum atomic E-state index is 11.7. The van der Waals surface area contributed by atoms with Gasteiger partial charge in [-0.15, -0.1) is 0 Å². The molecule has 2 saturated heterocycles. The molecule has 176 valence electrons. The van der Waals surface area contributed by atoms with Crippen LogP contribution in [0.5, 0.6) is 5.75 Å². The fourth-order valence-electron chi connectivity index (χ4n) is 4.49. The molecule has 0 bridgehead atoms. The average molecular weight is 477 g/mol. The lowest BCUT2D eigenvalue weighted by atomic mass is 10.1. The Morgan fingerprint density at radius 3 is 2.47 bits per heavy atom. The number of hydrogen-bond acceptors (Lipinski definition) is 6. The molecule has 2 aromatic carbocycles. The lowest BCUT2D eigenvalue weighted by Crippen LogP contribution is -2.47. The highest BCUT2D eigenvalue weighted by Gasteiger charge is 2.25. The van der Waals surface area contributed by atoms with Gasteiger partial charge in [0.25, 0.3) is 11.1 Å². The SMILES string of the molecule is Cn1cc(CN2CCN(CCOc3ccc(/C=C4/SC(=O)NC4=O)cc3)CC2)c2ccccc21. The maximum Gasteiger partial charge on any atom is 0.290 e. The van der Waals surface area contributed by atoms with Crippen LogP contribution in [0.4, 0.5) is 4.79 Å². The summed E-state index contributed by atoms with van der Waals surface area (Å²) < 4.78 is 8.14. The molecule has 0 unspecified atom stereocenters. The fraction of sp³-hybridized carbons (Fsp3) is 0.308. The number of nitrogens with one attached hydrogen (secondary N) is 1. The molecule has 1 N–H and O–H groups in total. The molecule has 2 aliphatic rings. The number of fused-ring (bicyclic) bond motifs is 1. The Hall–Kier alpha value is -3.07. The quantitative estimate of drug-likeness (QED) is 0.525. The molecule has 0 aliphatic carbocycles. The number of benzene rings is 2. The van der Waals surface area contributed by atoms with E-state index in [9.17, 15) is 9.59 Å². The second kappa shape index (κ2) is 10.0. The van der Waals surface area contributed by atoms with Gasteiger partial charge in [-0.2, -0.15) is 0 Å². The summed E-state index contributed by atoms with van der Waals surface area (Å²) in [6.45, 7) is 6.71. The van der Waals surface area contributed by atoms with Crippen LogP contribution >= 0.6 is 11.8 Å². The number of nitrogens with zero attached hydrogens (tertiary/aromatic N) is 3. The summed E-state index contributed by atoms with van der Waals surface area (Å²) in [5.41, 5.74) is 3.55. The van der Waals surface area contributed by atoms with Crippen molar-refractivity contribution in [2.45, 2.75) is 6.54 Å². The van der Waals surface area contributed by atoms with Crippen LogP contribution in [0.1, 0.15) is 11.1 Å². The molecule has 8 heteroatoms. The summed E-state index contributed by atoms with van der Waals surface area (Å²) in [4.78, 5) is 28.3. The van der Waals surface area contributed by atoms with Crippen LogP contribution in [0, 0.1) is 0 Å². The molecule has 34 heavy (non-hydrogen) atoms. The zero-order chi connectivity index (χ0) is 23.5. The summed E-state index contributed by atoms with van der Waals surface area (Å²) in [7, 11) is 2.11. The average Bonchev–Trinajstić information content (AvgIpc) is 3.33. The topological polar surface area (TPSA) is 66.8 Å². The van der Waals surface area contributed by atoms with Gasteiger partial charge in [-0.1, -0.05) is 30.3 Å². The molecule has 2 aliphatic heterocycles. The second-order valence-electron chi connectivity index (χ2n) is 8.67. The Morgan fingerprint density at radius 1 is 1.00 bits per heavy atom. The molecule has 5 rings (SSSR count). The number of para-hydroxylation sites is 1. The van der Waals surface area contributed by atoms with Crippen molar-refractivity contribution in [1.82, 2.24) is 19.7 Å². The van der Waals surface area contributed by atoms with Crippen molar-refractivity contribution < 1.29 is 14.3 Å². The van der Waals surface area contributed by atoms with Crippen LogP contribution in [-0.2, 0) is 18.4 Å². The maximum absolute atomic E-state index is 11.7. The molecule has 0 saturated carbocycles. The number of thioether (sulfide) groups is 1. The van der Waals surface area contributed by atoms with E-state index < -0.39 is 0 Å². The van der Waals surface area contributed by atoms with Gasteiger partial charge in [0.1, 0.15) is 12.4 Å². The Morgan fingerprint density at radius 2 is 1.74 bits per heavy atom. The standard InChI is InChI=1S/C26H28N4O3S/c1-28-17-20(22-4-2-3-5-23(22)28)18-30-12-10-29(11-13-30)14-15-33-21-8-6-19(7-9-21)16-24-25(31)27-26(32)34-24/h2-9,16-17H,10-15,18H2,1H3,(H,27,31,32)/b24-16+. The van der Waals surface area contributed by atoms with Crippen LogP contribution < -0.4 is 10.1 Å². The molecule has 3 heterocycles. The minimum absolute atomic E-state index is 0.328. The summed E-state index contributed by atoms with van der Waals surface area (Å²) in [5, 5.41) is 3.28. The Labute approximate surface area is 203 Å². The first kappa shape index (κ1) is 22.7. The number of aryl methyl sites for hydroxylation is 1. The summed E-state index contributed by atoms with van der Waals surface area (Å²) in [5.74, 6) is 0.462. The third kappa shape index (κ3) is 5.19.